The van der Waals surface area contributed by atoms with Gasteiger partial charge in [0.2, 0.25) is 0 Å². The van der Waals surface area contributed by atoms with E-state index in [4.69, 9.17) is 94.8 Å². The zero-order chi connectivity index (χ0) is 74.5. The Kier molecular flexibility index (Phi) is 35.6. The van der Waals surface area contributed by atoms with Gasteiger partial charge in [-0.25, -0.2) is 24.4 Å². The number of pyridine rings is 2. The number of carbonyl (C=O) groups excluding carboxylic acids is 5. The second-order valence-corrected chi connectivity index (χ2v) is 30.4. The lowest BCUT2D eigenvalue weighted by Gasteiger charge is -2.30. The highest BCUT2D eigenvalue weighted by molar-refractivity contribution is 7.59. The molecule has 12 rings (SSSR count). The van der Waals surface area contributed by atoms with Gasteiger partial charge in [-0.1, -0.05) is 58.5 Å². The van der Waals surface area contributed by atoms with Crippen LogP contribution < -0.4 is 60.1 Å². The number of hydrogen-bond donors (Lipinski definition) is 4. The normalized spacial score (nSPS) is 18.3. The predicted molar refractivity (Wildman–Crippen MR) is 414 cm³/mol. The van der Waals surface area contributed by atoms with E-state index in [0.717, 1.165) is 77.0 Å². The molecule has 6 aliphatic rings. The number of esters is 2. The second-order valence-electron chi connectivity index (χ2n) is 28.8. The smallest absolute Gasteiger partial charge is 0.407 e. The van der Waals surface area contributed by atoms with Crippen molar-refractivity contribution < 1.29 is 105 Å². The van der Waals surface area contributed by atoms with Crippen molar-refractivity contribution in [1.82, 2.24) is 16.0 Å². The Hall–Kier alpha value is -7.12. The predicted octanol–water partition coefficient (Wildman–Crippen LogP) is 16.1. The van der Waals surface area contributed by atoms with Crippen LogP contribution in [0.4, 0.5) is 22.4 Å². The Morgan fingerprint density at radius 3 is 1.12 bits per heavy atom. The van der Waals surface area contributed by atoms with Crippen LogP contribution in [0.3, 0.4) is 0 Å². The van der Waals surface area contributed by atoms with Crippen LogP contribution in [-0.2, 0) is 27.1 Å². The van der Waals surface area contributed by atoms with Crippen molar-refractivity contribution in [2.75, 3.05) is 26.4 Å². The summed E-state index contributed by atoms with van der Waals surface area (Å²) in [7, 11) is 0. The van der Waals surface area contributed by atoms with Crippen molar-refractivity contribution in [3.63, 3.8) is 0 Å². The molecule has 33 heteroatoms. The molecule has 2 heterocycles. The summed E-state index contributed by atoms with van der Waals surface area (Å²) in [4.78, 5) is 72.8. The molecule has 6 saturated carbocycles. The molecule has 9 N–H and O–H groups in total. The molecule has 3 amide bonds. The first-order chi connectivity index (χ1) is 50.3. The third-order valence-corrected chi connectivity index (χ3v) is 20.2. The topological polar surface area (TPSA) is 319 Å². The number of aromatic nitrogens is 2. The monoisotopic (exact) mass is 1670 g/mol. The van der Waals surface area contributed by atoms with E-state index in [2.05, 4.69) is 25.9 Å². The average molecular weight is 1680 g/mol. The second kappa shape index (κ2) is 42.7. The van der Waals surface area contributed by atoms with Crippen LogP contribution >= 0.6 is 85.8 Å². The summed E-state index contributed by atoms with van der Waals surface area (Å²) in [6.07, 6.45) is 17.9. The molecule has 0 aliphatic heterocycles. The molecule has 110 heavy (non-hydrogen) atoms. The Morgan fingerprint density at radius 2 is 0.791 bits per heavy atom. The zero-order valence-electron chi connectivity index (χ0n) is 60.8. The fourth-order valence-corrected chi connectivity index (χ4v) is 13.2. The van der Waals surface area contributed by atoms with E-state index in [1.54, 1.807) is 36.9 Å². The highest BCUT2D eigenvalue weighted by Gasteiger charge is 2.34. The van der Waals surface area contributed by atoms with Gasteiger partial charge in [0.1, 0.15) is 49.4 Å². The number of H-pyrrole nitrogens is 2. The molecule has 0 spiro atoms. The maximum absolute atomic E-state index is 13.9. The fourth-order valence-electron chi connectivity index (χ4n) is 12.2. The summed E-state index contributed by atoms with van der Waals surface area (Å²) >= 11 is 26.0. The van der Waals surface area contributed by atoms with Crippen molar-refractivity contribution >= 4 is 116 Å². The van der Waals surface area contributed by atoms with Gasteiger partial charge in [-0.3, -0.25) is 9.59 Å². The molecule has 2 atom stereocenters. The lowest BCUT2D eigenvalue weighted by Crippen LogP contribution is -2.45. The number of alkyl halides is 4. The number of aromatic amines is 2. The number of nitrogens with one attached hydrogen (secondary N) is 5. The molecule has 0 unspecified atom stereocenters. The highest BCUT2D eigenvalue weighted by atomic mass is 35.5. The molecule has 22 nitrogen and oxygen atoms in total. The Labute approximate surface area is 676 Å². The summed E-state index contributed by atoms with van der Waals surface area (Å²) in [6, 6.07) is 18.0. The summed E-state index contributed by atoms with van der Waals surface area (Å²) < 4.78 is 104. The van der Waals surface area contributed by atoms with Crippen molar-refractivity contribution in [3.05, 3.63) is 162 Å². The van der Waals surface area contributed by atoms with E-state index in [-0.39, 0.29) is 150 Å². The molecular weight excluding hydrogens is 1580 g/mol. The van der Waals surface area contributed by atoms with E-state index in [1.165, 1.54) is 60.7 Å². The molecular formula is C77H95Cl5F4N6O16S2. The minimum atomic E-state index is -3.07. The minimum absolute atomic E-state index is 0. The number of hydrogen-bond acceptors (Lipinski definition) is 17. The third kappa shape index (κ3) is 27.9. The molecule has 0 saturated heterocycles. The molecule has 4 aromatic carbocycles. The van der Waals surface area contributed by atoms with Crippen LogP contribution in [0.2, 0.25) is 20.1 Å². The number of ether oxygens (including phenoxy) is 9. The van der Waals surface area contributed by atoms with E-state index in [9.17, 15) is 41.5 Å². The molecule has 6 fully saturated rings. The van der Waals surface area contributed by atoms with Crippen molar-refractivity contribution in [3.8, 4) is 34.5 Å². The largest absolute Gasteiger partial charge is 0.870 e. The summed E-state index contributed by atoms with van der Waals surface area (Å²) in [5.74, 6) is -0.136. The van der Waals surface area contributed by atoms with Gasteiger partial charge in [-0.2, -0.15) is 44.6 Å². The van der Waals surface area contributed by atoms with Gasteiger partial charge in [0, 0.05) is 48.1 Å². The first-order valence-electron chi connectivity index (χ1n) is 35.8. The van der Waals surface area contributed by atoms with Gasteiger partial charge in [0.25, 0.3) is 11.8 Å². The lowest BCUT2D eigenvalue weighted by atomic mass is 9.91. The van der Waals surface area contributed by atoms with Gasteiger partial charge >= 0.3 is 31.3 Å². The van der Waals surface area contributed by atoms with Gasteiger partial charge in [0.05, 0.1) is 48.7 Å². The van der Waals surface area contributed by atoms with Gasteiger partial charge < -0.3 is 75.3 Å². The van der Waals surface area contributed by atoms with Crippen LogP contribution in [0.1, 0.15) is 199 Å². The number of nitrogens with two attached hydrogens (primary N) is 1. The fraction of sp³-hybridized carbons (Fsp3) is 0.494. The molecule has 2 aromatic heterocycles. The number of halogens is 9. The Morgan fingerprint density at radius 1 is 0.464 bits per heavy atom. The Balaban J connectivity index is 0.000000331. The first kappa shape index (κ1) is 91.8. The van der Waals surface area contributed by atoms with Gasteiger partial charge in [-0.05, 0) is 219 Å². The van der Waals surface area contributed by atoms with Crippen LogP contribution in [0, 0.1) is 23.7 Å². The molecule has 0 radical (unpaired) electrons. The number of amides is 3. The van der Waals surface area contributed by atoms with E-state index in [0.29, 0.717) is 124 Å². The lowest BCUT2D eigenvalue weighted by molar-refractivity contribution is -0.378. The minimum Gasteiger partial charge on any atom is -0.870 e. The van der Waals surface area contributed by atoms with E-state index < -0.39 is 49.1 Å². The first-order valence-corrected chi connectivity index (χ1v) is 37.3. The molecule has 604 valence electrons. The number of alkyl carbamates (subject to hydrolysis) is 1. The quantitative estimate of drug-likeness (QED) is 0.0178. The van der Waals surface area contributed by atoms with Crippen molar-refractivity contribution in [1.29, 1.82) is 0 Å². The van der Waals surface area contributed by atoms with Gasteiger partial charge in [0.15, 0.2) is 47.8 Å². The zero-order valence-corrected chi connectivity index (χ0v) is 66.7. The van der Waals surface area contributed by atoms with Crippen LogP contribution in [0.5, 0.6) is 34.5 Å². The van der Waals surface area contributed by atoms with Crippen LogP contribution in [0.15, 0.2) is 97.6 Å². The molecule has 6 aromatic rings. The highest BCUT2D eigenvalue weighted by Crippen LogP contribution is 2.42. The van der Waals surface area contributed by atoms with E-state index >= 15 is 0 Å². The van der Waals surface area contributed by atoms with Crippen molar-refractivity contribution in [2.24, 2.45) is 29.4 Å². The number of benzene rings is 4. The molecule has 0 bridgehead atoms. The van der Waals surface area contributed by atoms with Crippen LogP contribution in [-0.4, -0.2) is 110 Å². The summed E-state index contributed by atoms with van der Waals surface area (Å²) in [5.41, 5.74) is 8.24. The maximum Gasteiger partial charge on any atom is 0.407 e. The number of rotatable bonds is 31. The standard InChI is InChI=1S/C41H47Cl2F2N3O8.C36H39Cl2F2N3O6.ClH.2H2O.2H2S/c1-41(2,3)56-40(51)48-28-12-10-27(11-13-28)47-37(49)29-14-8-26(17-35(29)52-21-23-4-5-23)38(50)54-34(18-30-31(42)19-46-20-32(30)43)25-9-15-33(55-39(44)45)36(16-25)53-22-24-6-7-24;37-28-16-42-17-29(38)27(28)15-31(22-6-12-30(49-36(39)40)33(13-22)47-19-21-3-4-21)48-35(45)23-5-11-26(32(14-23)46-18-20-1-2-20)34(44)43-25-9-7-24(41)8-10-25;;;;;/h8-9,14-17,19-20,23-24,27-28,34,39H,4-7,10-13,18,21-22H2,1-3H3,(H,47,49)(H,48,51);5-6,11-14,16-17,20-21,24-25,31,36H,1-4,7-10,15,18-19,41H2,(H,43,44);1H;4*1H2/t27?,28?,34-;24?,25?,31-;;;;;/m00...../s1. The van der Waals surface area contributed by atoms with E-state index in [1.807, 2.05) is 20.8 Å². The SMILES string of the molecule is CC(C)(C)OC(=O)NC1CCC(NC(=O)c2ccc(C(=O)O[C@@H](Cc3c(Cl)c[nH+]cc3Cl)c3ccc(OC(F)F)c(OCC4CC4)c3)cc2OCC2CC2)CC1.Cl.NC1CCC(NC(=O)c2ccc(C(=O)O[C@@H](Cc3c(Cl)c[nH+]cc3Cl)c3ccc(OC(F)F)c(OCC4CC4)c3)cc2OCC2CC2)CC1.S.S.[OH-].[OH-]. The Bertz CT molecular complexity index is 4020. The number of carbonyl (C=O) groups is 5. The third-order valence-electron chi connectivity index (χ3n) is 18.9. The van der Waals surface area contributed by atoms with Crippen molar-refractivity contribution in [2.45, 2.75) is 192 Å². The summed E-state index contributed by atoms with van der Waals surface area (Å²) in [6.45, 7) is 0.804. The maximum atomic E-state index is 13.9. The average Bonchev–Trinajstić information content (AvgIpc) is 1.55. The summed E-state index contributed by atoms with van der Waals surface area (Å²) in [5, 5.41) is 10.4. The van der Waals surface area contributed by atoms with Crippen LogP contribution in [0.25, 0.3) is 0 Å². The van der Waals surface area contributed by atoms with Gasteiger partial charge in [-0.15, -0.1) is 12.4 Å². The molecule has 6 aliphatic carbocycles.